The lowest BCUT2D eigenvalue weighted by molar-refractivity contribution is -0.139. The molecule has 0 spiro atoms. The quantitative estimate of drug-likeness (QED) is 0.361. The van der Waals surface area contributed by atoms with Crippen molar-refractivity contribution in [2.45, 2.75) is 27.4 Å². The zero-order chi connectivity index (χ0) is 20.5. The van der Waals surface area contributed by atoms with Crippen LogP contribution in [0.3, 0.4) is 0 Å². The lowest BCUT2D eigenvalue weighted by Crippen LogP contribution is -2.21. The number of benzene rings is 2. The highest BCUT2D eigenvalue weighted by Crippen LogP contribution is 2.23. The molecule has 0 amide bonds. The van der Waals surface area contributed by atoms with E-state index in [2.05, 4.69) is 25.3 Å². The highest BCUT2D eigenvalue weighted by Gasteiger charge is 2.16. The lowest BCUT2D eigenvalue weighted by atomic mass is 10.0. The number of anilines is 1. The summed E-state index contributed by atoms with van der Waals surface area (Å²) < 4.78 is 5.34. The van der Waals surface area contributed by atoms with Gasteiger partial charge in [-0.05, 0) is 55.2 Å². The van der Waals surface area contributed by atoms with E-state index in [-0.39, 0.29) is 12.2 Å². The van der Waals surface area contributed by atoms with E-state index in [1.807, 2.05) is 54.6 Å². The van der Waals surface area contributed by atoms with Crippen LogP contribution in [0.25, 0.3) is 11.6 Å². The second-order valence-corrected chi connectivity index (χ2v) is 6.35. The molecule has 0 radical (unpaired) electrons. The molecule has 2 aromatic carbocycles. The van der Waals surface area contributed by atoms with Gasteiger partial charge in [-0.2, -0.15) is 5.26 Å². The molecule has 0 bridgehead atoms. The summed E-state index contributed by atoms with van der Waals surface area (Å²) in [5, 5.41) is 9.48. The number of esters is 1. The maximum Gasteiger partial charge on any atom is 0.349 e. The molecule has 0 aromatic heterocycles. The number of nitriles is 1. The van der Waals surface area contributed by atoms with Gasteiger partial charge in [-0.3, -0.25) is 0 Å². The van der Waals surface area contributed by atoms with Crippen LogP contribution in [0.1, 0.15) is 37.5 Å². The van der Waals surface area contributed by atoms with Gasteiger partial charge in [-0.25, -0.2) is 4.79 Å². The van der Waals surface area contributed by atoms with Crippen molar-refractivity contribution in [1.82, 2.24) is 0 Å². The van der Waals surface area contributed by atoms with E-state index < -0.39 is 5.97 Å². The van der Waals surface area contributed by atoms with E-state index in [0.717, 1.165) is 35.5 Å². The molecule has 2 aromatic rings. The molecule has 0 aliphatic heterocycles. The fraction of sp³-hybridized carbons (Fsp3) is 0.250. The van der Waals surface area contributed by atoms with Gasteiger partial charge < -0.3 is 9.64 Å². The van der Waals surface area contributed by atoms with E-state index in [1.54, 1.807) is 13.0 Å². The summed E-state index contributed by atoms with van der Waals surface area (Å²) in [6, 6.07) is 17.4. The first-order valence-electron chi connectivity index (χ1n) is 9.38. The van der Waals surface area contributed by atoms with Crippen LogP contribution in [-0.2, 0) is 16.1 Å². The van der Waals surface area contributed by atoms with Crippen LogP contribution in [0, 0.1) is 11.3 Å². The second-order valence-electron chi connectivity index (χ2n) is 6.35. The minimum Gasteiger partial charge on any atom is -0.457 e. The van der Waals surface area contributed by atoms with E-state index in [1.165, 1.54) is 0 Å². The Kier molecular flexibility index (Phi) is 7.59. The number of allylic oxidation sites excluding steroid dienone is 1. The number of hydrogen-bond acceptors (Lipinski definition) is 4. The molecule has 0 N–H and O–H groups in total. The highest BCUT2D eigenvalue weighted by molar-refractivity contribution is 6.01. The molecule has 0 aliphatic carbocycles. The summed E-state index contributed by atoms with van der Waals surface area (Å²) in [4.78, 5) is 14.7. The molecule has 4 nitrogen and oxygen atoms in total. The molecule has 2 rings (SSSR count). The van der Waals surface area contributed by atoms with Crippen molar-refractivity contribution in [3.8, 4) is 6.07 Å². The Bertz CT molecular complexity index is 884. The van der Waals surface area contributed by atoms with E-state index in [0.29, 0.717) is 5.57 Å². The second kappa shape index (κ2) is 10.1. The zero-order valence-electron chi connectivity index (χ0n) is 16.7. The molecule has 0 saturated carbocycles. The molecule has 4 heteroatoms. The van der Waals surface area contributed by atoms with E-state index in [9.17, 15) is 10.1 Å². The van der Waals surface area contributed by atoms with Crippen LogP contribution in [0.5, 0.6) is 0 Å². The average molecular weight is 374 g/mol. The summed E-state index contributed by atoms with van der Waals surface area (Å²) in [5.74, 6) is -0.611. The zero-order valence-corrected chi connectivity index (χ0v) is 16.7. The predicted molar refractivity (Wildman–Crippen MR) is 115 cm³/mol. The number of ether oxygens (including phenoxy) is 1. The molecule has 0 aliphatic rings. The first-order chi connectivity index (χ1) is 13.5. The van der Waals surface area contributed by atoms with Crippen LogP contribution in [0.2, 0.25) is 0 Å². The van der Waals surface area contributed by atoms with Crippen molar-refractivity contribution < 1.29 is 9.53 Å². The molecule has 0 atom stereocenters. The summed E-state index contributed by atoms with van der Waals surface area (Å²) in [5.41, 5.74) is 4.44. The maximum atomic E-state index is 12.4. The Morgan fingerprint density at radius 1 is 1.11 bits per heavy atom. The van der Waals surface area contributed by atoms with Crippen molar-refractivity contribution in [3.05, 3.63) is 77.4 Å². The fourth-order valence-electron chi connectivity index (χ4n) is 2.91. The van der Waals surface area contributed by atoms with Crippen LogP contribution in [-0.4, -0.2) is 19.1 Å². The Labute approximate surface area is 167 Å². The molecule has 0 saturated heterocycles. The molecule has 0 unspecified atom stereocenters. The van der Waals surface area contributed by atoms with Gasteiger partial charge in [0.15, 0.2) is 0 Å². The Balaban J connectivity index is 2.14. The molecular weight excluding hydrogens is 348 g/mol. The van der Waals surface area contributed by atoms with Gasteiger partial charge in [0.1, 0.15) is 18.2 Å². The van der Waals surface area contributed by atoms with Crippen LogP contribution >= 0.6 is 0 Å². The maximum absolute atomic E-state index is 12.4. The minimum absolute atomic E-state index is 0.0262. The molecule has 28 heavy (non-hydrogen) atoms. The van der Waals surface area contributed by atoms with Crippen molar-refractivity contribution in [2.24, 2.45) is 0 Å². The Morgan fingerprint density at radius 3 is 2.21 bits per heavy atom. The van der Waals surface area contributed by atoms with E-state index >= 15 is 0 Å². The lowest BCUT2D eigenvalue weighted by Gasteiger charge is -2.21. The SMILES string of the molecule is C=Cc1ccc(COC(=O)C(C#N)=C(C)c2ccc(N(CC)CC)cc2)cc1. The van der Waals surface area contributed by atoms with Crippen molar-refractivity contribution in [1.29, 1.82) is 5.26 Å². The third-order valence-electron chi connectivity index (χ3n) is 4.71. The van der Waals surface area contributed by atoms with Crippen molar-refractivity contribution in [3.63, 3.8) is 0 Å². The molecule has 144 valence electrons. The minimum atomic E-state index is -0.611. The smallest absolute Gasteiger partial charge is 0.349 e. The highest BCUT2D eigenvalue weighted by atomic mass is 16.5. The number of carbonyl (C=O) groups is 1. The van der Waals surface area contributed by atoms with Gasteiger partial charge in [0.05, 0.1) is 0 Å². The monoisotopic (exact) mass is 374 g/mol. The third-order valence-corrected chi connectivity index (χ3v) is 4.71. The number of nitrogens with zero attached hydrogens (tertiary/aromatic N) is 2. The topological polar surface area (TPSA) is 53.3 Å². The van der Waals surface area contributed by atoms with E-state index in [4.69, 9.17) is 4.74 Å². The molecule has 0 heterocycles. The Morgan fingerprint density at radius 2 is 1.71 bits per heavy atom. The van der Waals surface area contributed by atoms with Crippen LogP contribution < -0.4 is 4.90 Å². The molecular formula is C24H26N2O2. The summed E-state index contributed by atoms with van der Waals surface area (Å²) >= 11 is 0. The van der Waals surface area contributed by atoms with Gasteiger partial charge in [0.25, 0.3) is 0 Å². The van der Waals surface area contributed by atoms with Crippen molar-refractivity contribution >= 4 is 23.3 Å². The van der Waals surface area contributed by atoms with Crippen LogP contribution in [0.15, 0.2) is 60.7 Å². The van der Waals surface area contributed by atoms with Gasteiger partial charge in [-0.15, -0.1) is 0 Å². The number of carbonyl (C=O) groups excluding carboxylic acids is 1. The van der Waals surface area contributed by atoms with Gasteiger partial charge >= 0.3 is 5.97 Å². The summed E-state index contributed by atoms with van der Waals surface area (Å²) in [7, 11) is 0. The largest absolute Gasteiger partial charge is 0.457 e. The van der Waals surface area contributed by atoms with Gasteiger partial charge in [0, 0.05) is 18.8 Å². The summed E-state index contributed by atoms with van der Waals surface area (Å²) in [6.07, 6.45) is 1.75. The van der Waals surface area contributed by atoms with Crippen LogP contribution in [0.4, 0.5) is 5.69 Å². The summed E-state index contributed by atoms with van der Waals surface area (Å²) in [6.45, 7) is 11.7. The molecule has 0 fully saturated rings. The first-order valence-corrected chi connectivity index (χ1v) is 9.38. The normalized spacial score (nSPS) is 11.2. The van der Waals surface area contributed by atoms with Gasteiger partial charge in [-0.1, -0.05) is 49.1 Å². The fourth-order valence-corrected chi connectivity index (χ4v) is 2.91. The standard InChI is InChI=1S/C24H26N2O2/c1-5-19-8-10-20(11-9-19)17-28-24(27)23(16-25)18(4)21-12-14-22(15-13-21)26(6-2)7-3/h5,8-15H,1,6-7,17H2,2-4H3. The van der Waals surface area contributed by atoms with Crippen molar-refractivity contribution in [2.75, 3.05) is 18.0 Å². The number of rotatable bonds is 8. The predicted octanol–water partition coefficient (Wildman–Crippen LogP) is 5.22. The Hall–Kier alpha value is -3.32. The third kappa shape index (κ3) is 5.11. The number of hydrogen-bond donors (Lipinski definition) is 0. The first kappa shape index (κ1) is 21.0. The average Bonchev–Trinajstić information content (AvgIpc) is 2.74. The van der Waals surface area contributed by atoms with Gasteiger partial charge in [0.2, 0.25) is 0 Å².